The smallest absolute Gasteiger partial charge is 0.270 e. The first-order chi connectivity index (χ1) is 13.9. The van der Waals surface area contributed by atoms with Crippen molar-refractivity contribution in [3.8, 4) is 17.4 Å². The second-order valence-corrected chi connectivity index (χ2v) is 7.53. The molecule has 0 spiro atoms. The molecule has 1 N–H and O–H groups in total. The van der Waals surface area contributed by atoms with Crippen LogP contribution in [0.3, 0.4) is 0 Å². The molecular formula is C20H11Br2N3O4. The summed E-state index contributed by atoms with van der Waals surface area (Å²) >= 11 is 6.61. The number of furan rings is 1. The Morgan fingerprint density at radius 3 is 2.62 bits per heavy atom. The Labute approximate surface area is 182 Å². The summed E-state index contributed by atoms with van der Waals surface area (Å²) in [7, 11) is 0. The highest BCUT2D eigenvalue weighted by Crippen LogP contribution is 2.33. The van der Waals surface area contributed by atoms with E-state index in [1.54, 1.807) is 36.4 Å². The molecule has 0 unspecified atom stereocenters. The number of nitriles is 1. The Kier molecular flexibility index (Phi) is 6.26. The van der Waals surface area contributed by atoms with Crippen molar-refractivity contribution in [3.63, 3.8) is 0 Å². The van der Waals surface area contributed by atoms with E-state index >= 15 is 0 Å². The minimum atomic E-state index is -0.569. The van der Waals surface area contributed by atoms with Crippen LogP contribution in [0.4, 0.5) is 11.4 Å². The van der Waals surface area contributed by atoms with Crippen LogP contribution >= 0.6 is 31.9 Å². The lowest BCUT2D eigenvalue weighted by Gasteiger charge is -2.04. The molecule has 0 bridgehead atoms. The van der Waals surface area contributed by atoms with Gasteiger partial charge in [0.25, 0.3) is 11.6 Å². The second kappa shape index (κ2) is 8.86. The number of amides is 1. The van der Waals surface area contributed by atoms with E-state index in [4.69, 9.17) is 4.42 Å². The van der Waals surface area contributed by atoms with Crippen molar-refractivity contribution in [1.29, 1.82) is 5.26 Å². The zero-order valence-electron chi connectivity index (χ0n) is 14.6. The maximum atomic E-state index is 12.4. The minimum absolute atomic E-state index is 0.0525. The highest BCUT2D eigenvalue weighted by atomic mass is 79.9. The average Bonchev–Trinajstić information content (AvgIpc) is 3.14. The van der Waals surface area contributed by atoms with Gasteiger partial charge in [0.2, 0.25) is 0 Å². The molecule has 29 heavy (non-hydrogen) atoms. The molecule has 7 nitrogen and oxygen atoms in total. The Morgan fingerprint density at radius 2 is 1.97 bits per heavy atom. The van der Waals surface area contributed by atoms with E-state index in [2.05, 4.69) is 37.2 Å². The summed E-state index contributed by atoms with van der Waals surface area (Å²) < 4.78 is 6.97. The minimum Gasteiger partial charge on any atom is -0.457 e. The first kappa shape index (κ1) is 20.5. The fourth-order valence-corrected chi connectivity index (χ4v) is 3.41. The van der Waals surface area contributed by atoms with E-state index in [1.807, 2.05) is 12.1 Å². The van der Waals surface area contributed by atoms with Crippen LogP contribution < -0.4 is 5.32 Å². The van der Waals surface area contributed by atoms with E-state index < -0.39 is 10.8 Å². The number of nitro benzene ring substituents is 1. The molecule has 9 heteroatoms. The number of benzene rings is 2. The molecule has 0 aliphatic heterocycles. The monoisotopic (exact) mass is 515 g/mol. The number of nitrogens with zero attached hydrogens (tertiary/aromatic N) is 2. The van der Waals surface area contributed by atoms with Gasteiger partial charge in [-0.2, -0.15) is 5.26 Å². The molecule has 1 amide bonds. The van der Waals surface area contributed by atoms with Gasteiger partial charge in [-0.25, -0.2) is 0 Å². The van der Waals surface area contributed by atoms with Crippen LogP contribution in [0, 0.1) is 21.4 Å². The third kappa shape index (κ3) is 4.99. The Balaban J connectivity index is 1.83. The Morgan fingerprint density at radius 1 is 1.17 bits per heavy atom. The largest absolute Gasteiger partial charge is 0.457 e. The van der Waals surface area contributed by atoms with E-state index in [9.17, 15) is 20.2 Å². The number of carbonyl (C=O) groups is 1. The SMILES string of the molecule is N#C/C(=C\c1ccc(-c2ccc([N+](=O)[O-])cc2Br)o1)C(=O)Nc1cccc(Br)c1. The van der Waals surface area contributed by atoms with Crippen LogP contribution in [0.2, 0.25) is 0 Å². The fraction of sp³-hybridized carbons (Fsp3) is 0. The molecule has 0 aliphatic carbocycles. The summed E-state index contributed by atoms with van der Waals surface area (Å²) in [6, 6.07) is 16.4. The molecule has 144 valence electrons. The van der Waals surface area contributed by atoms with Gasteiger partial charge in [-0.15, -0.1) is 0 Å². The molecule has 1 heterocycles. The summed E-state index contributed by atoms with van der Waals surface area (Å²) in [6.45, 7) is 0. The number of nitrogens with one attached hydrogen (secondary N) is 1. The number of carbonyl (C=O) groups excluding carboxylic acids is 1. The normalized spacial score (nSPS) is 11.0. The number of non-ortho nitro benzene ring substituents is 1. The van der Waals surface area contributed by atoms with Gasteiger partial charge < -0.3 is 9.73 Å². The van der Waals surface area contributed by atoms with Crippen LogP contribution in [0.1, 0.15) is 5.76 Å². The van der Waals surface area contributed by atoms with Crippen molar-refractivity contribution in [3.05, 3.63) is 85.0 Å². The van der Waals surface area contributed by atoms with Gasteiger partial charge in [-0.1, -0.05) is 22.0 Å². The maximum Gasteiger partial charge on any atom is 0.270 e. The summed E-state index contributed by atoms with van der Waals surface area (Å²) in [5, 5.41) is 22.8. The molecule has 0 saturated carbocycles. The van der Waals surface area contributed by atoms with Crippen molar-refractivity contribution in [1.82, 2.24) is 0 Å². The van der Waals surface area contributed by atoms with Gasteiger partial charge in [0.15, 0.2) is 0 Å². The topological polar surface area (TPSA) is 109 Å². The Bertz CT molecular complexity index is 1180. The lowest BCUT2D eigenvalue weighted by Crippen LogP contribution is -2.13. The molecule has 0 aliphatic rings. The molecule has 3 aromatic rings. The van der Waals surface area contributed by atoms with Gasteiger partial charge in [-0.3, -0.25) is 14.9 Å². The first-order valence-electron chi connectivity index (χ1n) is 8.10. The van der Waals surface area contributed by atoms with Crippen molar-refractivity contribution in [2.45, 2.75) is 0 Å². The van der Waals surface area contributed by atoms with Gasteiger partial charge in [-0.05, 0) is 52.3 Å². The highest BCUT2D eigenvalue weighted by molar-refractivity contribution is 9.10. The number of hydrogen-bond acceptors (Lipinski definition) is 5. The predicted octanol–water partition coefficient (Wildman–Crippen LogP) is 5.93. The third-order valence-corrected chi connectivity index (χ3v) is 4.94. The van der Waals surface area contributed by atoms with Crippen LogP contribution in [-0.2, 0) is 4.79 Å². The molecule has 3 rings (SSSR count). The van der Waals surface area contributed by atoms with Gasteiger partial charge in [0.05, 0.1) is 4.92 Å². The lowest BCUT2D eigenvalue weighted by molar-refractivity contribution is -0.384. The summed E-state index contributed by atoms with van der Waals surface area (Å²) in [5.41, 5.74) is 0.963. The van der Waals surface area contributed by atoms with E-state index in [0.29, 0.717) is 27.2 Å². The Hall–Kier alpha value is -3.22. The maximum absolute atomic E-state index is 12.4. The van der Waals surface area contributed by atoms with Crippen LogP contribution in [0.15, 0.2) is 73.5 Å². The first-order valence-corrected chi connectivity index (χ1v) is 9.69. The standard InChI is InChI=1S/C20H11Br2N3O4/c21-13-2-1-3-14(9-13)24-20(26)12(11-23)8-16-5-7-19(29-16)17-6-4-15(25(27)28)10-18(17)22/h1-10H,(H,24,26)/b12-8+. The number of halogens is 2. The molecule has 0 saturated heterocycles. The average molecular weight is 517 g/mol. The zero-order chi connectivity index (χ0) is 21.0. The van der Waals surface area contributed by atoms with E-state index in [0.717, 1.165) is 4.47 Å². The van der Waals surface area contributed by atoms with Crippen LogP contribution in [0.25, 0.3) is 17.4 Å². The molecule has 0 atom stereocenters. The number of anilines is 1. The zero-order valence-corrected chi connectivity index (χ0v) is 17.7. The van der Waals surface area contributed by atoms with Crippen LogP contribution in [-0.4, -0.2) is 10.8 Å². The van der Waals surface area contributed by atoms with Gasteiger partial charge >= 0.3 is 0 Å². The van der Waals surface area contributed by atoms with Crippen molar-refractivity contribution in [2.24, 2.45) is 0 Å². The molecule has 0 fully saturated rings. The molecule has 2 aromatic carbocycles. The van der Waals surface area contributed by atoms with Gasteiger partial charge in [0, 0.05) is 38.4 Å². The second-order valence-electron chi connectivity index (χ2n) is 5.76. The van der Waals surface area contributed by atoms with Crippen molar-refractivity contribution in [2.75, 3.05) is 5.32 Å². The third-order valence-electron chi connectivity index (χ3n) is 3.79. The highest BCUT2D eigenvalue weighted by Gasteiger charge is 2.15. The number of rotatable bonds is 5. The fourth-order valence-electron chi connectivity index (χ4n) is 2.45. The van der Waals surface area contributed by atoms with Crippen LogP contribution in [0.5, 0.6) is 0 Å². The lowest BCUT2D eigenvalue weighted by atomic mass is 10.1. The van der Waals surface area contributed by atoms with E-state index in [1.165, 1.54) is 18.2 Å². The van der Waals surface area contributed by atoms with E-state index in [-0.39, 0.29) is 11.3 Å². The summed E-state index contributed by atoms with van der Waals surface area (Å²) in [6.07, 6.45) is 1.33. The molecule has 1 aromatic heterocycles. The summed E-state index contributed by atoms with van der Waals surface area (Å²) in [5.74, 6) is 0.161. The summed E-state index contributed by atoms with van der Waals surface area (Å²) in [4.78, 5) is 22.7. The molecular weight excluding hydrogens is 506 g/mol. The van der Waals surface area contributed by atoms with Crippen molar-refractivity contribution >= 4 is 55.2 Å². The number of nitro groups is 1. The predicted molar refractivity (Wildman–Crippen MR) is 115 cm³/mol. The number of hydrogen-bond donors (Lipinski definition) is 1. The molecule has 0 radical (unpaired) electrons. The van der Waals surface area contributed by atoms with Gasteiger partial charge in [0.1, 0.15) is 23.2 Å². The quantitative estimate of drug-likeness (QED) is 0.196. The van der Waals surface area contributed by atoms with Crippen molar-refractivity contribution < 1.29 is 14.1 Å².